The fourth-order valence-electron chi connectivity index (χ4n) is 4.36. The van der Waals surface area contributed by atoms with Crippen LogP contribution in [-0.4, -0.2) is 29.5 Å². The van der Waals surface area contributed by atoms with Gasteiger partial charge in [-0.25, -0.2) is 0 Å². The number of carbonyl (C=O) groups is 3. The number of hydrogen-bond donors (Lipinski definition) is 0. The number of imide groups is 1. The van der Waals surface area contributed by atoms with Crippen LogP contribution in [0.1, 0.15) is 36.0 Å². The lowest BCUT2D eigenvalue weighted by molar-refractivity contribution is -0.138. The monoisotopic (exact) mass is 295 g/mol. The Hall–Kier alpha value is -2.23. The highest BCUT2D eigenvalue weighted by molar-refractivity contribution is 6.15. The van der Waals surface area contributed by atoms with Crippen LogP contribution in [0, 0.1) is 18.8 Å². The van der Waals surface area contributed by atoms with Crippen LogP contribution in [0.4, 0.5) is 0 Å². The molecule has 1 heterocycles. The first-order valence-electron chi connectivity index (χ1n) is 7.58. The second-order valence-corrected chi connectivity index (χ2v) is 6.60. The van der Waals surface area contributed by atoms with E-state index in [0.717, 1.165) is 27.8 Å². The number of ketones is 1. The number of allylic oxidation sites excluding steroid dienone is 2. The van der Waals surface area contributed by atoms with Crippen molar-refractivity contribution >= 4 is 23.2 Å². The van der Waals surface area contributed by atoms with Gasteiger partial charge in [-0.15, -0.1) is 0 Å². The molecule has 112 valence electrons. The second-order valence-electron chi connectivity index (χ2n) is 6.60. The van der Waals surface area contributed by atoms with Crippen LogP contribution < -0.4 is 0 Å². The van der Waals surface area contributed by atoms with Crippen LogP contribution in [0.25, 0.3) is 5.57 Å². The van der Waals surface area contributed by atoms with Crippen molar-refractivity contribution < 1.29 is 14.4 Å². The number of nitrogens with zero attached hydrogens (tertiary/aromatic N) is 1. The molecule has 1 saturated carbocycles. The number of hydrogen-bond acceptors (Lipinski definition) is 3. The lowest BCUT2D eigenvalue weighted by Gasteiger charge is -2.30. The van der Waals surface area contributed by atoms with E-state index in [1.807, 2.05) is 26.0 Å². The molecule has 0 aromatic heterocycles. The summed E-state index contributed by atoms with van der Waals surface area (Å²) in [7, 11) is 1.52. The van der Waals surface area contributed by atoms with E-state index in [1.165, 1.54) is 11.9 Å². The van der Waals surface area contributed by atoms with Crippen LogP contribution in [0.15, 0.2) is 23.8 Å². The molecule has 4 heteroatoms. The van der Waals surface area contributed by atoms with Gasteiger partial charge in [-0.3, -0.25) is 19.3 Å². The summed E-state index contributed by atoms with van der Waals surface area (Å²) in [6.07, 6.45) is 0.162. The molecule has 22 heavy (non-hydrogen) atoms. The zero-order chi connectivity index (χ0) is 15.8. The summed E-state index contributed by atoms with van der Waals surface area (Å²) >= 11 is 0. The molecule has 0 N–H and O–H groups in total. The van der Waals surface area contributed by atoms with Gasteiger partial charge in [0, 0.05) is 25.0 Å². The summed E-state index contributed by atoms with van der Waals surface area (Å²) < 4.78 is 0. The van der Waals surface area contributed by atoms with E-state index < -0.39 is 11.8 Å². The minimum atomic E-state index is -0.487. The van der Waals surface area contributed by atoms with Gasteiger partial charge in [-0.1, -0.05) is 23.8 Å². The molecule has 0 unspecified atom stereocenters. The standard InChI is InChI=1S/C18H17NO3/c1-8-4-5-10-11(6-8)9(2)14-13(20)7-12-16(15(10)14)18(22)19(3)17(12)21/h4-6,12,15-16H,7H2,1-3H3/t12-,15+,16-/m1/s1. The molecule has 3 aliphatic rings. The third-order valence-corrected chi connectivity index (χ3v) is 5.42. The Morgan fingerprint density at radius 3 is 2.55 bits per heavy atom. The minimum absolute atomic E-state index is 0.0223. The summed E-state index contributed by atoms with van der Waals surface area (Å²) in [4.78, 5) is 38.6. The number of benzene rings is 1. The van der Waals surface area contributed by atoms with Gasteiger partial charge < -0.3 is 0 Å². The number of rotatable bonds is 0. The van der Waals surface area contributed by atoms with Crippen LogP contribution in [-0.2, 0) is 14.4 Å². The largest absolute Gasteiger partial charge is 0.294 e. The lowest BCUT2D eigenvalue weighted by atomic mass is 9.69. The Labute approximate surface area is 128 Å². The molecule has 2 aliphatic carbocycles. The van der Waals surface area contributed by atoms with Crippen molar-refractivity contribution in [3.8, 4) is 0 Å². The summed E-state index contributed by atoms with van der Waals surface area (Å²) in [5.41, 5.74) is 4.94. The summed E-state index contributed by atoms with van der Waals surface area (Å²) in [5, 5.41) is 0. The van der Waals surface area contributed by atoms with Gasteiger partial charge in [0.2, 0.25) is 11.8 Å². The highest BCUT2D eigenvalue weighted by Gasteiger charge is 2.57. The van der Waals surface area contributed by atoms with Gasteiger partial charge >= 0.3 is 0 Å². The fraction of sp³-hybridized carbons (Fsp3) is 0.389. The predicted molar refractivity (Wildman–Crippen MR) is 80.9 cm³/mol. The maximum atomic E-state index is 12.6. The molecule has 2 fully saturated rings. The summed E-state index contributed by atoms with van der Waals surface area (Å²) in [6.45, 7) is 3.97. The van der Waals surface area contributed by atoms with E-state index in [1.54, 1.807) is 0 Å². The molecule has 0 radical (unpaired) electrons. The smallest absolute Gasteiger partial charge is 0.233 e. The Balaban J connectivity index is 1.95. The van der Waals surface area contributed by atoms with Gasteiger partial charge in [0.15, 0.2) is 5.78 Å². The third-order valence-electron chi connectivity index (χ3n) is 5.42. The molecular weight excluding hydrogens is 278 g/mol. The van der Waals surface area contributed by atoms with Gasteiger partial charge in [0.05, 0.1) is 11.8 Å². The van der Waals surface area contributed by atoms with E-state index in [4.69, 9.17) is 0 Å². The molecule has 0 spiro atoms. The van der Waals surface area contributed by atoms with Crippen molar-refractivity contribution in [3.63, 3.8) is 0 Å². The van der Waals surface area contributed by atoms with Gasteiger partial charge in [0.25, 0.3) is 0 Å². The van der Waals surface area contributed by atoms with E-state index in [9.17, 15) is 14.4 Å². The Morgan fingerprint density at radius 1 is 1.09 bits per heavy atom. The van der Waals surface area contributed by atoms with E-state index in [2.05, 4.69) is 6.07 Å². The first kappa shape index (κ1) is 13.4. The highest BCUT2D eigenvalue weighted by atomic mass is 16.2. The van der Waals surface area contributed by atoms with E-state index in [-0.39, 0.29) is 29.9 Å². The molecule has 2 amide bonds. The third kappa shape index (κ3) is 1.45. The lowest BCUT2D eigenvalue weighted by Crippen LogP contribution is -2.34. The first-order valence-corrected chi connectivity index (χ1v) is 7.58. The molecular formula is C18H17NO3. The van der Waals surface area contributed by atoms with Crippen molar-refractivity contribution in [2.24, 2.45) is 11.8 Å². The van der Waals surface area contributed by atoms with Crippen LogP contribution in [0.2, 0.25) is 0 Å². The van der Waals surface area contributed by atoms with Gasteiger partial charge in [0.1, 0.15) is 0 Å². The quantitative estimate of drug-likeness (QED) is 0.689. The number of aryl methyl sites for hydroxylation is 1. The topological polar surface area (TPSA) is 54.5 Å². The molecule has 1 aromatic carbocycles. The summed E-state index contributed by atoms with van der Waals surface area (Å²) in [6, 6.07) is 6.09. The van der Waals surface area contributed by atoms with E-state index in [0.29, 0.717) is 0 Å². The van der Waals surface area contributed by atoms with Crippen molar-refractivity contribution in [3.05, 3.63) is 40.5 Å². The fourth-order valence-corrected chi connectivity index (χ4v) is 4.36. The number of likely N-dealkylation sites (tertiary alicyclic amines) is 1. The number of carbonyl (C=O) groups excluding carboxylic acids is 3. The SMILES string of the molecule is CC1=C2C(=O)C[C@H]3C(=O)N(C)C(=O)[C@H]3[C@H]2c2ccc(C)cc21. The molecule has 1 aromatic rings. The second kappa shape index (κ2) is 4.15. The van der Waals surface area contributed by atoms with Crippen molar-refractivity contribution in [1.82, 2.24) is 4.90 Å². The average molecular weight is 295 g/mol. The van der Waals surface area contributed by atoms with Crippen LogP contribution in [0.5, 0.6) is 0 Å². The molecule has 1 saturated heterocycles. The molecule has 3 atom stereocenters. The zero-order valence-electron chi connectivity index (χ0n) is 12.8. The number of amides is 2. The van der Waals surface area contributed by atoms with Crippen molar-refractivity contribution in [1.29, 1.82) is 0 Å². The zero-order valence-corrected chi connectivity index (χ0v) is 12.8. The van der Waals surface area contributed by atoms with Crippen LogP contribution in [0.3, 0.4) is 0 Å². The number of fused-ring (bicyclic) bond motifs is 5. The predicted octanol–water partition coefficient (Wildman–Crippen LogP) is 2.07. The number of Topliss-reactive ketones (excluding diaryl/α,β-unsaturated/α-hetero) is 1. The Morgan fingerprint density at radius 2 is 1.82 bits per heavy atom. The molecule has 4 nitrogen and oxygen atoms in total. The van der Waals surface area contributed by atoms with Gasteiger partial charge in [-0.2, -0.15) is 0 Å². The normalized spacial score (nSPS) is 29.9. The van der Waals surface area contributed by atoms with Crippen molar-refractivity contribution in [2.45, 2.75) is 26.2 Å². The molecule has 4 rings (SSSR count). The maximum absolute atomic E-state index is 12.6. The molecule has 1 aliphatic heterocycles. The van der Waals surface area contributed by atoms with Crippen molar-refractivity contribution in [2.75, 3.05) is 7.05 Å². The highest BCUT2D eigenvalue weighted by Crippen LogP contribution is 2.54. The maximum Gasteiger partial charge on any atom is 0.233 e. The van der Waals surface area contributed by atoms with Crippen LogP contribution >= 0.6 is 0 Å². The average Bonchev–Trinajstić information content (AvgIpc) is 2.88. The minimum Gasteiger partial charge on any atom is -0.294 e. The Bertz CT molecular complexity index is 790. The van der Waals surface area contributed by atoms with E-state index >= 15 is 0 Å². The van der Waals surface area contributed by atoms with Gasteiger partial charge in [-0.05, 0) is 30.5 Å². The summed E-state index contributed by atoms with van der Waals surface area (Å²) in [5.74, 6) is -1.48. The first-order chi connectivity index (χ1) is 10.4. The molecule has 0 bridgehead atoms. The Kier molecular flexibility index (Phi) is 2.54.